The van der Waals surface area contributed by atoms with Crippen LogP contribution in [-0.4, -0.2) is 26.8 Å². The largest absolute Gasteiger partial charge is 0.495 e. The Morgan fingerprint density at radius 3 is 2.33 bits per heavy atom. The van der Waals surface area contributed by atoms with Crippen molar-refractivity contribution in [1.29, 1.82) is 0 Å². The molecule has 0 N–H and O–H groups in total. The molecule has 128 valence electrons. The summed E-state index contributed by atoms with van der Waals surface area (Å²) in [6, 6.07) is 11.1. The molecule has 1 unspecified atom stereocenters. The maximum absolute atomic E-state index is 13.1. The number of rotatable bonds is 6. The van der Waals surface area contributed by atoms with Crippen molar-refractivity contribution < 1.29 is 17.9 Å². The van der Waals surface area contributed by atoms with Crippen molar-refractivity contribution in [3.05, 3.63) is 53.6 Å². The first kappa shape index (κ1) is 18.6. The van der Waals surface area contributed by atoms with E-state index in [1.54, 1.807) is 24.3 Å². The zero-order chi connectivity index (χ0) is 17.9. The van der Waals surface area contributed by atoms with E-state index < -0.39 is 21.3 Å². The molecule has 2 aromatic rings. The zero-order valence-corrected chi connectivity index (χ0v) is 15.3. The predicted octanol–water partition coefficient (Wildman–Crippen LogP) is 3.70. The quantitative estimate of drug-likeness (QED) is 0.708. The van der Waals surface area contributed by atoms with Crippen LogP contribution in [0.25, 0.3) is 0 Å². The lowest BCUT2D eigenvalue weighted by Gasteiger charge is -2.29. The number of methoxy groups -OCH3 is 1. The summed E-state index contributed by atoms with van der Waals surface area (Å²) in [4.78, 5) is 11.7. The van der Waals surface area contributed by atoms with E-state index in [9.17, 15) is 13.2 Å². The maximum atomic E-state index is 13.1. The monoisotopic (exact) mass is 387 g/mol. The number of hydrogen-bond acceptors (Lipinski definition) is 4. The van der Waals surface area contributed by atoms with Crippen LogP contribution in [0.5, 0.6) is 5.75 Å². The van der Waals surface area contributed by atoms with E-state index in [0.717, 1.165) is 4.31 Å². The van der Waals surface area contributed by atoms with E-state index in [-0.39, 0.29) is 16.3 Å². The maximum Gasteiger partial charge on any atom is 0.265 e. The zero-order valence-electron chi connectivity index (χ0n) is 12.9. The predicted molar refractivity (Wildman–Crippen MR) is 94.4 cm³/mol. The molecule has 8 heteroatoms. The summed E-state index contributed by atoms with van der Waals surface area (Å²) in [5, 5.41) is -0.523. The summed E-state index contributed by atoms with van der Waals surface area (Å²) in [6.07, 6.45) is 0. The van der Waals surface area contributed by atoms with Crippen LogP contribution in [0.4, 0.5) is 5.69 Å². The van der Waals surface area contributed by atoms with E-state index in [1.807, 2.05) is 0 Å². The molecular formula is C16H15Cl2NO4S. The summed E-state index contributed by atoms with van der Waals surface area (Å²) in [5.74, 6) is 0.253. The van der Waals surface area contributed by atoms with Gasteiger partial charge in [-0.2, -0.15) is 0 Å². The van der Waals surface area contributed by atoms with Gasteiger partial charge in [0.25, 0.3) is 10.0 Å². The molecular weight excluding hydrogens is 373 g/mol. The van der Waals surface area contributed by atoms with Crippen LogP contribution in [0.15, 0.2) is 53.4 Å². The van der Waals surface area contributed by atoms with Gasteiger partial charge in [0, 0.05) is 5.02 Å². The lowest BCUT2D eigenvalue weighted by Crippen LogP contribution is -2.42. The first-order valence-electron chi connectivity index (χ1n) is 6.91. The molecule has 0 aliphatic carbocycles. The van der Waals surface area contributed by atoms with E-state index >= 15 is 0 Å². The summed E-state index contributed by atoms with van der Waals surface area (Å²) >= 11 is 11.6. The topological polar surface area (TPSA) is 63.7 Å². The summed E-state index contributed by atoms with van der Waals surface area (Å²) in [5.41, 5.74) is 0.135. The normalized spacial score (nSPS) is 12.5. The van der Waals surface area contributed by atoms with Crippen molar-refractivity contribution in [2.75, 3.05) is 11.4 Å². The lowest BCUT2D eigenvalue weighted by molar-refractivity contribution is -0.112. The van der Waals surface area contributed by atoms with E-state index in [4.69, 9.17) is 27.9 Å². The highest BCUT2D eigenvalue weighted by Crippen LogP contribution is 2.36. The molecule has 5 nitrogen and oxygen atoms in total. The molecule has 2 aromatic carbocycles. The fourth-order valence-corrected chi connectivity index (χ4v) is 4.14. The Kier molecular flexibility index (Phi) is 5.74. The highest BCUT2D eigenvalue weighted by atomic mass is 35.5. The van der Waals surface area contributed by atoms with Gasteiger partial charge in [0.2, 0.25) is 5.24 Å². The molecule has 0 radical (unpaired) electrons. The SMILES string of the molecule is COc1ccc(Cl)cc1N(C(C)C(=O)Cl)S(=O)(=O)c1ccccc1. The van der Waals surface area contributed by atoms with Crippen LogP contribution in [0.3, 0.4) is 0 Å². The molecule has 0 fully saturated rings. The van der Waals surface area contributed by atoms with Gasteiger partial charge in [-0.3, -0.25) is 9.10 Å². The molecule has 0 saturated carbocycles. The van der Waals surface area contributed by atoms with Crippen LogP contribution >= 0.6 is 23.2 Å². The van der Waals surface area contributed by atoms with Gasteiger partial charge in [-0.1, -0.05) is 29.8 Å². The van der Waals surface area contributed by atoms with Crippen LogP contribution in [0.2, 0.25) is 5.02 Å². The number of halogens is 2. The van der Waals surface area contributed by atoms with Gasteiger partial charge in [0.05, 0.1) is 17.7 Å². The Bertz CT molecular complexity index is 840. The number of hydrogen-bond donors (Lipinski definition) is 0. The number of sulfonamides is 1. The second-order valence-electron chi connectivity index (χ2n) is 4.91. The fourth-order valence-electron chi connectivity index (χ4n) is 2.18. The van der Waals surface area contributed by atoms with Crippen molar-refractivity contribution in [3.8, 4) is 5.75 Å². The standard InChI is InChI=1S/C16H15Cl2NO4S/c1-11(16(18)20)19(14-10-12(17)8-9-15(14)23-2)24(21,22)13-6-4-3-5-7-13/h3-11H,1-2H3. The van der Waals surface area contributed by atoms with Gasteiger partial charge in [-0.25, -0.2) is 8.42 Å². The average molecular weight is 388 g/mol. The van der Waals surface area contributed by atoms with E-state index in [1.165, 1.54) is 38.3 Å². The number of nitrogens with zero attached hydrogens (tertiary/aromatic N) is 1. The third-order valence-corrected chi connectivity index (χ3v) is 5.81. The average Bonchev–Trinajstić information content (AvgIpc) is 2.55. The summed E-state index contributed by atoms with van der Waals surface area (Å²) < 4.78 is 32.3. The number of anilines is 1. The van der Waals surface area contributed by atoms with Crippen molar-refractivity contribution in [3.63, 3.8) is 0 Å². The minimum atomic E-state index is -4.06. The van der Waals surface area contributed by atoms with Gasteiger partial charge >= 0.3 is 0 Å². The molecule has 0 aromatic heterocycles. The molecule has 0 saturated heterocycles. The Morgan fingerprint density at radius 2 is 1.79 bits per heavy atom. The molecule has 0 amide bonds. The smallest absolute Gasteiger partial charge is 0.265 e. The first-order valence-corrected chi connectivity index (χ1v) is 9.11. The minimum absolute atomic E-state index is 0.0248. The molecule has 1 atom stereocenters. The molecule has 0 aliphatic rings. The number of benzene rings is 2. The van der Waals surface area contributed by atoms with Crippen LogP contribution < -0.4 is 9.04 Å². The first-order chi connectivity index (χ1) is 11.3. The lowest BCUT2D eigenvalue weighted by atomic mass is 10.2. The molecule has 24 heavy (non-hydrogen) atoms. The highest BCUT2D eigenvalue weighted by Gasteiger charge is 2.34. The Morgan fingerprint density at radius 1 is 1.17 bits per heavy atom. The Balaban J connectivity index is 2.72. The Hall–Kier alpha value is -1.76. The van der Waals surface area contributed by atoms with Gasteiger partial charge in [0.15, 0.2) is 0 Å². The second kappa shape index (κ2) is 7.42. The van der Waals surface area contributed by atoms with E-state index in [2.05, 4.69) is 0 Å². The second-order valence-corrected chi connectivity index (χ2v) is 7.53. The van der Waals surface area contributed by atoms with Gasteiger partial charge < -0.3 is 4.74 Å². The molecule has 0 spiro atoms. The molecule has 0 heterocycles. The molecule has 0 aliphatic heterocycles. The Labute approximate surface area is 150 Å². The minimum Gasteiger partial charge on any atom is -0.495 e. The van der Waals surface area contributed by atoms with Crippen LogP contribution in [-0.2, 0) is 14.8 Å². The van der Waals surface area contributed by atoms with Crippen molar-refractivity contribution >= 4 is 44.2 Å². The van der Waals surface area contributed by atoms with Gasteiger partial charge in [-0.15, -0.1) is 0 Å². The molecule has 2 rings (SSSR count). The van der Waals surface area contributed by atoms with Crippen molar-refractivity contribution in [1.82, 2.24) is 0 Å². The van der Waals surface area contributed by atoms with Crippen molar-refractivity contribution in [2.24, 2.45) is 0 Å². The van der Waals surface area contributed by atoms with Gasteiger partial charge in [0.1, 0.15) is 11.8 Å². The fraction of sp³-hybridized carbons (Fsp3) is 0.188. The number of carbonyl (C=O) groups excluding carboxylic acids is 1. The van der Waals surface area contributed by atoms with Gasteiger partial charge in [-0.05, 0) is 48.9 Å². The third-order valence-electron chi connectivity index (χ3n) is 3.36. The van der Waals surface area contributed by atoms with Crippen LogP contribution in [0, 0.1) is 0 Å². The summed E-state index contributed by atoms with van der Waals surface area (Å²) in [7, 11) is -2.66. The van der Waals surface area contributed by atoms with Crippen LogP contribution in [0.1, 0.15) is 6.92 Å². The number of carbonyl (C=O) groups is 1. The van der Waals surface area contributed by atoms with Crippen molar-refractivity contribution in [2.45, 2.75) is 17.9 Å². The molecule has 0 bridgehead atoms. The summed E-state index contributed by atoms with van der Waals surface area (Å²) in [6.45, 7) is 1.40. The third kappa shape index (κ3) is 3.66. The van der Waals surface area contributed by atoms with E-state index in [0.29, 0.717) is 5.02 Å². The number of ether oxygens (including phenoxy) is 1. The highest BCUT2D eigenvalue weighted by molar-refractivity contribution is 7.93.